The Morgan fingerprint density at radius 3 is 2.15 bits per heavy atom. The van der Waals surface area contributed by atoms with Crippen LogP contribution in [-0.4, -0.2) is 66.0 Å². The third kappa shape index (κ3) is 11.4. The first-order valence-electron chi connectivity index (χ1n) is 13.6. The molecule has 0 saturated heterocycles. The van der Waals surface area contributed by atoms with Gasteiger partial charge in [0.1, 0.15) is 12.1 Å². The molecule has 13 nitrogen and oxygen atoms in total. The predicted octanol–water partition coefficient (Wildman–Crippen LogP) is 1.02. The van der Waals surface area contributed by atoms with Gasteiger partial charge in [-0.2, -0.15) is 0 Å². The molecule has 1 saturated carbocycles. The lowest BCUT2D eigenvalue weighted by Crippen LogP contribution is -2.54. The van der Waals surface area contributed by atoms with Crippen LogP contribution in [0.4, 0.5) is 10.5 Å². The van der Waals surface area contributed by atoms with Gasteiger partial charge >= 0.3 is 12.0 Å². The van der Waals surface area contributed by atoms with Crippen LogP contribution in [0.15, 0.2) is 24.3 Å². The van der Waals surface area contributed by atoms with Gasteiger partial charge in [0.15, 0.2) is 11.6 Å². The van der Waals surface area contributed by atoms with Gasteiger partial charge in [-0.25, -0.2) is 4.79 Å². The highest BCUT2D eigenvalue weighted by Gasteiger charge is 2.36. The van der Waals surface area contributed by atoms with E-state index in [1.807, 2.05) is 19.1 Å². The van der Waals surface area contributed by atoms with Crippen molar-refractivity contribution in [2.24, 2.45) is 11.7 Å². The van der Waals surface area contributed by atoms with Crippen molar-refractivity contribution in [1.82, 2.24) is 16.0 Å². The third-order valence-electron chi connectivity index (χ3n) is 6.42. The summed E-state index contributed by atoms with van der Waals surface area (Å²) < 4.78 is 4.94. The summed E-state index contributed by atoms with van der Waals surface area (Å²) in [6.07, 6.45) is -0.905. The van der Waals surface area contributed by atoms with Crippen LogP contribution in [0.2, 0.25) is 0 Å². The van der Waals surface area contributed by atoms with Crippen LogP contribution < -0.4 is 27.0 Å². The van der Waals surface area contributed by atoms with Gasteiger partial charge in [-0.15, -0.1) is 0 Å². The Morgan fingerprint density at radius 1 is 0.927 bits per heavy atom. The quantitative estimate of drug-likeness (QED) is 0.116. The standard InChI is InChI=1S/C28H39N5O8/c1-16(2)24(33-22(36)7-4-8-23(37)41-25-20(34)13-14-21(25)35)27(39)32-19(6-5-15-30-28(29)40)26(38)31-18-11-9-17(3)10-12-18/h9-12,16,19,24-25H,4-8,13-15H2,1-3H3,(H,31,38)(H,32,39)(H,33,36)(H3,29,30,40)/t19-,24-/m0/s1. The zero-order valence-corrected chi connectivity index (χ0v) is 23.6. The number of hydrogen-bond donors (Lipinski definition) is 5. The van der Waals surface area contributed by atoms with Gasteiger partial charge in [0, 0.05) is 37.9 Å². The van der Waals surface area contributed by atoms with E-state index < -0.39 is 59.5 Å². The van der Waals surface area contributed by atoms with Gasteiger partial charge in [0.25, 0.3) is 0 Å². The summed E-state index contributed by atoms with van der Waals surface area (Å²) in [5.74, 6) is -3.47. The fourth-order valence-corrected chi connectivity index (χ4v) is 4.10. The Balaban J connectivity index is 1.94. The highest BCUT2D eigenvalue weighted by Crippen LogP contribution is 2.16. The molecule has 0 aromatic heterocycles. The Hall–Kier alpha value is -4.29. The summed E-state index contributed by atoms with van der Waals surface area (Å²) in [7, 11) is 0. The number of ether oxygens (including phenoxy) is 1. The monoisotopic (exact) mass is 573 g/mol. The molecule has 1 aromatic rings. The molecule has 1 aliphatic carbocycles. The van der Waals surface area contributed by atoms with Crippen LogP contribution >= 0.6 is 0 Å². The summed E-state index contributed by atoms with van der Waals surface area (Å²) >= 11 is 0. The summed E-state index contributed by atoms with van der Waals surface area (Å²) in [6.45, 7) is 5.58. The molecule has 0 spiro atoms. The van der Waals surface area contributed by atoms with Crippen LogP contribution in [0, 0.1) is 12.8 Å². The smallest absolute Gasteiger partial charge is 0.312 e. The summed E-state index contributed by atoms with van der Waals surface area (Å²) in [6, 6.07) is 4.49. The summed E-state index contributed by atoms with van der Waals surface area (Å²) in [5.41, 5.74) is 6.65. The minimum atomic E-state index is -1.35. The second kappa shape index (κ2) is 16.1. The van der Waals surface area contributed by atoms with Crippen molar-refractivity contribution in [2.75, 3.05) is 11.9 Å². The number of nitrogens with two attached hydrogens (primary N) is 1. The van der Waals surface area contributed by atoms with Crippen LogP contribution in [0.5, 0.6) is 0 Å². The Bertz CT molecular complexity index is 1120. The van der Waals surface area contributed by atoms with Gasteiger partial charge in [0.2, 0.25) is 23.8 Å². The van der Waals surface area contributed by atoms with Crippen molar-refractivity contribution in [3.63, 3.8) is 0 Å². The van der Waals surface area contributed by atoms with E-state index in [1.165, 1.54) is 0 Å². The van der Waals surface area contributed by atoms with Crippen LogP contribution in [-0.2, 0) is 33.5 Å². The first-order chi connectivity index (χ1) is 19.4. The number of primary amides is 1. The zero-order chi connectivity index (χ0) is 30.5. The van der Waals surface area contributed by atoms with E-state index >= 15 is 0 Å². The average Bonchev–Trinajstić information content (AvgIpc) is 3.21. The zero-order valence-electron chi connectivity index (χ0n) is 23.6. The van der Waals surface area contributed by atoms with E-state index in [0.29, 0.717) is 12.1 Å². The normalized spacial score (nSPS) is 14.7. The number of anilines is 1. The highest BCUT2D eigenvalue weighted by molar-refractivity contribution is 6.12. The van der Waals surface area contributed by atoms with Crippen molar-refractivity contribution in [2.45, 2.75) is 83.9 Å². The van der Waals surface area contributed by atoms with Crippen molar-refractivity contribution >= 4 is 47.0 Å². The molecule has 1 aromatic carbocycles. The second-order valence-corrected chi connectivity index (χ2v) is 10.3. The van der Waals surface area contributed by atoms with Crippen molar-refractivity contribution in [3.05, 3.63) is 29.8 Å². The number of Topliss-reactive ketones (excluding diaryl/α,β-unsaturated/α-hetero) is 2. The number of benzene rings is 1. The summed E-state index contributed by atoms with van der Waals surface area (Å²) in [5, 5.41) is 10.5. The Kier molecular flexibility index (Phi) is 12.9. The Morgan fingerprint density at radius 2 is 1.56 bits per heavy atom. The molecule has 6 N–H and O–H groups in total. The minimum Gasteiger partial charge on any atom is -0.446 e. The second-order valence-electron chi connectivity index (χ2n) is 10.3. The maximum atomic E-state index is 13.2. The molecule has 2 rings (SSSR count). The third-order valence-corrected chi connectivity index (χ3v) is 6.42. The van der Waals surface area contributed by atoms with Gasteiger partial charge in [0.05, 0.1) is 0 Å². The van der Waals surface area contributed by atoms with Gasteiger partial charge < -0.3 is 31.7 Å². The van der Waals surface area contributed by atoms with E-state index in [-0.39, 0.29) is 51.0 Å². The number of rotatable bonds is 15. The molecule has 0 radical (unpaired) electrons. The van der Waals surface area contributed by atoms with Gasteiger partial charge in [-0.1, -0.05) is 31.5 Å². The number of hydrogen-bond acceptors (Lipinski definition) is 8. The van der Waals surface area contributed by atoms with Crippen molar-refractivity contribution < 1.29 is 38.3 Å². The van der Waals surface area contributed by atoms with Gasteiger partial charge in [-0.3, -0.25) is 28.8 Å². The maximum absolute atomic E-state index is 13.2. The fraction of sp³-hybridized carbons (Fsp3) is 0.536. The molecule has 0 aliphatic heterocycles. The molecule has 0 bridgehead atoms. The predicted molar refractivity (Wildman–Crippen MR) is 148 cm³/mol. The molecule has 13 heteroatoms. The molecule has 5 amide bonds. The minimum absolute atomic E-state index is 0.0522. The number of esters is 1. The highest BCUT2D eigenvalue weighted by atomic mass is 16.6. The molecule has 0 unspecified atom stereocenters. The van der Waals surface area contributed by atoms with E-state index in [0.717, 1.165) is 5.56 Å². The average molecular weight is 574 g/mol. The number of amides is 5. The molecule has 0 heterocycles. The van der Waals surface area contributed by atoms with Crippen molar-refractivity contribution in [3.8, 4) is 0 Å². The number of urea groups is 1. The largest absolute Gasteiger partial charge is 0.446 e. The lowest BCUT2D eigenvalue weighted by molar-refractivity contribution is -0.157. The Labute approximate surface area is 238 Å². The molecule has 1 aliphatic rings. The first-order valence-corrected chi connectivity index (χ1v) is 13.6. The number of carbonyl (C=O) groups is 7. The van der Waals surface area contributed by atoms with E-state index in [1.54, 1.807) is 26.0 Å². The lowest BCUT2D eigenvalue weighted by atomic mass is 10.0. The van der Waals surface area contributed by atoms with Crippen LogP contribution in [0.3, 0.4) is 0 Å². The van der Waals surface area contributed by atoms with Crippen molar-refractivity contribution in [1.29, 1.82) is 0 Å². The molecular formula is C28H39N5O8. The number of nitrogens with one attached hydrogen (secondary N) is 4. The molecule has 41 heavy (non-hydrogen) atoms. The van der Waals surface area contributed by atoms with E-state index in [2.05, 4.69) is 21.3 Å². The van der Waals surface area contributed by atoms with Crippen LogP contribution in [0.1, 0.15) is 64.4 Å². The number of ketones is 2. The SMILES string of the molecule is Cc1ccc(NC(=O)[C@H](CCCNC(N)=O)NC(=O)[C@@H](NC(=O)CCCC(=O)OC2C(=O)CCC2=O)C(C)C)cc1. The van der Waals surface area contributed by atoms with Gasteiger partial charge in [-0.05, 0) is 44.2 Å². The molecule has 2 atom stereocenters. The fourth-order valence-electron chi connectivity index (χ4n) is 4.10. The lowest BCUT2D eigenvalue weighted by Gasteiger charge is -2.25. The molecule has 224 valence electrons. The summed E-state index contributed by atoms with van der Waals surface area (Å²) in [4.78, 5) is 85.0. The number of carbonyl (C=O) groups excluding carboxylic acids is 7. The molecule has 1 fully saturated rings. The first kappa shape index (κ1) is 32.9. The van der Waals surface area contributed by atoms with E-state index in [9.17, 15) is 33.6 Å². The maximum Gasteiger partial charge on any atom is 0.312 e. The number of aryl methyl sites for hydroxylation is 1. The topological polar surface area (TPSA) is 203 Å². The van der Waals surface area contributed by atoms with E-state index in [4.69, 9.17) is 10.5 Å². The molecular weight excluding hydrogens is 534 g/mol. The van der Waals surface area contributed by atoms with Crippen LogP contribution in [0.25, 0.3) is 0 Å².